The van der Waals surface area contributed by atoms with Gasteiger partial charge in [-0.15, -0.1) is 0 Å². The van der Waals surface area contributed by atoms with Crippen LogP contribution in [-0.2, 0) is 30.2 Å². The molecule has 98 valence electrons. The Kier molecular flexibility index (Phi) is 3.50. The molecule has 3 N–H and O–H groups in total. The summed E-state index contributed by atoms with van der Waals surface area (Å²) in [6.45, 7) is 0.314. The second-order valence-corrected chi connectivity index (χ2v) is 5.39. The number of nitrogens with one attached hydrogen (secondary N) is 1. The fraction of sp³-hybridized carbons (Fsp3) is 0.300. The van der Waals surface area contributed by atoms with Gasteiger partial charge in [0.05, 0.1) is 18.8 Å². The number of aromatic nitrogens is 2. The van der Waals surface area contributed by atoms with Gasteiger partial charge in [-0.3, -0.25) is 4.68 Å². The maximum atomic E-state index is 11.9. The normalized spacial score (nSPS) is 11.9. The highest BCUT2D eigenvalue weighted by Crippen LogP contribution is 2.13. The van der Waals surface area contributed by atoms with Crippen LogP contribution in [0.5, 0.6) is 0 Å². The van der Waals surface area contributed by atoms with Crippen molar-refractivity contribution in [2.45, 2.75) is 18.2 Å². The van der Waals surface area contributed by atoms with Crippen LogP contribution in [0.15, 0.2) is 33.9 Å². The first-order chi connectivity index (χ1) is 8.53. The van der Waals surface area contributed by atoms with Gasteiger partial charge in [0, 0.05) is 13.2 Å². The van der Waals surface area contributed by atoms with Crippen molar-refractivity contribution in [3.05, 3.63) is 35.9 Å². The molecule has 7 nitrogen and oxygen atoms in total. The molecule has 0 radical (unpaired) electrons. The van der Waals surface area contributed by atoms with E-state index in [1.54, 1.807) is 30.1 Å². The summed E-state index contributed by atoms with van der Waals surface area (Å²) in [6.07, 6.45) is 1.60. The number of hydrogen-bond acceptors (Lipinski definition) is 5. The van der Waals surface area contributed by atoms with Crippen LogP contribution in [0.3, 0.4) is 0 Å². The van der Waals surface area contributed by atoms with Gasteiger partial charge in [-0.25, -0.2) is 13.1 Å². The lowest BCUT2D eigenvalue weighted by molar-refractivity contribution is 0.412. The first-order valence-electron chi connectivity index (χ1n) is 5.28. The summed E-state index contributed by atoms with van der Waals surface area (Å²) < 4.78 is 32.9. The standard InChI is InChI=1S/C10H14N4O3S/c1-14-8(4-5-12-14)7-13-18(15,16)10-3-2-9(6-11)17-10/h2-5,13H,6-7,11H2,1H3. The molecule has 0 spiro atoms. The van der Waals surface area contributed by atoms with Gasteiger partial charge in [-0.1, -0.05) is 0 Å². The number of hydrogen-bond donors (Lipinski definition) is 2. The largest absolute Gasteiger partial charge is 0.447 e. The Hall–Kier alpha value is -1.64. The van der Waals surface area contributed by atoms with Crippen LogP contribution < -0.4 is 10.5 Å². The molecule has 2 aromatic heterocycles. The third-order valence-corrected chi connectivity index (χ3v) is 3.74. The van der Waals surface area contributed by atoms with Crippen LogP contribution in [0.1, 0.15) is 11.5 Å². The van der Waals surface area contributed by atoms with E-state index in [0.29, 0.717) is 5.76 Å². The quantitative estimate of drug-likeness (QED) is 0.793. The van der Waals surface area contributed by atoms with Crippen LogP contribution in [0.2, 0.25) is 0 Å². The summed E-state index contributed by atoms with van der Waals surface area (Å²) in [5.74, 6) is 0.427. The summed E-state index contributed by atoms with van der Waals surface area (Å²) in [6, 6.07) is 4.66. The topological polar surface area (TPSA) is 103 Å². The average Bonchev–Trinajstić information content (AvgIpc) is 2.95. The first-order valence-corrected chi connectivity index (χ1v) is 6.76. The zero-order valence-electron chi connectivity index (χ0n) is 9.83. The van der Waals surface area contributed by atoms with E-state index in [0.717, 1.165) is 5.69 Å². The van der Waals surface area contributed by atoms with Gasteiger partial charge in [-0.05, 0) is 18.2 Å². The van der Waals surface area contributed by atoms with E-state index in [-0.39, 0.29) is 18.2 Å². The Bertz CT molecular complexity index is 629. The minimum Gasteiger partial charge on any atom is -0.447 e. The highest BCUT2D eigenvalue weighted by molar-refractivity contribution is 7.89. The summed E-state index contributed by atoms with van der Waals surface area (Å²) >= 11 is 0. The molecule has 18 heavy (non-hydrogen) atoms. The van der Waals surface area contributed by atoms with Crippen molar-refractivity contribution in [3.8, 4) is 0 Å². The van der Waals surface area contributed by atoms with E-state index < -0.39 is 10.0 Å². The van der Waals surface area contributed by atoms with Gasteiger partial charge >= 0.3 is 0 Å². The molecule has 0 bridgehead atoms. The molecule has 2 aromatic rings. The molecule has 0 saturated heterocycles. The van der Waals surface area contributed by atoms with Gasteiger partial charge in [0.1, 0.15) is 5.76 Å². The van der Waals surface area contributed by atoms with E-state index in [9.17, 15) is 8.42 Å². The smallest absolute Gasteiger partial charge is 0.274 e. The first kappa shape index (κ1) is 12.8. The van der Waals surface area contributed by atoms with Crippen molar-refractivity contribution in [2.75, 3.05) is 0 Å². The van der Waals surface area contributed by atoms with Gasteiger partial charge in [-0.2, -0.15) is 5.10 Å². The van der Waals surface area contributed by atoms with Crippen molar-refractivity contribution in [1.82, 2.24) is 14.5 Å². The number of sulfonamides is 1. The predicted octanol–water partition coefficient (Wildman–Crippen LogP) is -0.0497. The number of rotatable bonds is 5. The Morgan fingerprint density at radius 1 is 1.44 bits per heavy atom. The molecule has 2 heterocycles. The molecule has 0 saturated carbocycles. The fourth-order valence-corrected chi connectivity index (χ4v) is 2.37. The lowest BCUT2D eigenvalue weighted by Crippen LogP contribution is -2.24. The van der Waals surface area contributed by atoms with Crippen LogP contribution in [-0.4, -0.2) is 18.2 Å². The van der Waals surface area contributed by atoms with Crippen molar-refractivity contribution in [3.63, 3.8) is 0 Å². The van der Waals surface area contributed by atoms with Gasteiger partial charge in [0.2, 0.25) is 5.09 Å². The van der Waals surface area contributed by atoms with Crippen molar-refractivity contribution < 1.29 is 12.8 Å². The van der Waals surface area contributed by atoms with Crippen molar-refractivity contribution in [1.29, 1.82) is 0 Å². The molecule has 2 rings (SSSR count). The van der Waals surface area contributed by atoms with Gasteiger partial charge < -0.3 is 10.2 Å². The Balaban J connectivity index is 2.10. The zero-order chi connectivity index (χ0) is 13.2. The molecule has 0 fully saturated rings. The second kappa shape index (κ2) is 4.92. The molecular weight excluding hydrogens is 256 g/mol. The second-order valence-electron chi connectivity index (χ2n) is 3.70. The Labute approximate surface area is 105 Å². The maximum Gasteiger partial charge on any atom is 0.274 e. The van der Waals surface area contributed by atoms with Crippen LogP contribution in [0.25, 0.3) is 0 Å². The minimum atomic E-state index is -3.66. The fourth-order valence-electron chi connectivity index (χ4n) is 1.43. The molecule has 0 aliphatic carbocycles. The number of aryl methyl sites for hydroxylation is 1. The molecule has 0 aliphatic heterocycles. The van der Waals surface area contributed by atoms with Crippen LogP contribution in [0.4, 0.5) is 0 Å². The third-order valence-electron chi connectivity index (χ3n) is 2.47. The van der Waals surface area contributed by atoms with E-state index in [4.69, 9.17) is 10.2 Å². The Morgan fingerprint density at radius 3 is 2.78 bits per heavy atom. The zero-order valence-corrected chi connectivity index (χ0v) is 10.6. The van der Waals surface area contributed by atoms with Crippen LogP contribution in [0, 0.1) is 0 Å². The van der Waals surface area contributed by atoms with Crippen LogP contribution >= 0.6 is 0 Å². The molecule has 0 aliphatic rings. The monoisotopic (exact) mass is 270 g/mol. The minimum absolute atomic E-state index is 0.134. The molecule has 8 heteroatoms. The molecular formula is C10H14N4O3S. The predicted molar refractivity (Wildman–Crippen MR) is 63.8 cm³/mol. The summed E-state index contributed by atoms with van der Waals surface area (Å²) in [5.41, 5.74) is 6.11. The lowest BCUT2D eigenvalue weighted by Gasteiger charge is -2.04. The molecule has 0 atom stereocenters. The summed E-state index contributed by atoms with van der Waals surface area (Å²) in [7, 11) is -1.92. The number of furan rings is 1. The number of nitrogens with two attached hydrogens (primary N) is 1. The van der Waals surface area contributed by atoms with Crippen molar-refractivity contribution in [2.24, 2.45) is 12.8 Å². The van der Waals surface area contributed by atoms with E-state index in [2.05, 4.69) is 9.82 Å². The average molecular weight is 270 g/mol. The highest BCUT2D eigenvalue weighted by Gasteiger charge is 2.18. The third kappa shape index (κ3) is 2.61. The van der Waals surface area contributed by atoms with E-state index in [1.165, 1.54) is 6.07 Å². The molecule has 0 amide bonds. The van der Waals surface area contributed by atoms with Gasteiger partial charge in [0.15, 0.2) is 0 Å². The van der Waals surface area contributed by atoms with Crippen molar-refractivity contribution >= 4 is 10.0 Å². The van der Waals surface area contributed by atoms with E-state index in [1.807, 2.05) is 0 Å². The molecule has 0 unspecified atom stereocenters. The SMILES string of the molecule is Cn1nccc1CNS(=O)(=O)c1ccc(CN)o1. The molecule has 0 aromatic carbocycles. The number of nitrogens with zero attached hydrogens (tertiary/aromatic N) is 2. The highest BCUT2D eigenvalue weighted by atomic mass is 32.2. The lowest BCUT2D eigenvalue weighted by atomic mass is 10.4. The summed E-state index contributed by atoms with van der Waals surface area (Å²) in [5, 5.41) is 3.82. The summed E-state index contributed by atoms with van der Waals surface area (Å²) in [4.78, 5) is 0. The van der Waals surface area contributed by atoms with Gasteiger partial charge in [0.25, 0.3) is 10.0 Å². The Morgan fingerprint density at radius 2 is 2.22 bits per heavy atom. The maximum absolute atomic E-state index is 11.9. The van der Waals surface area contributed by atoms with E-state index >= 15 is 0 Å².